The van der Waals surface area contributed by atoms with Crippen molar-refractivity contribution in [1.82, 2.24) is 5.32 Å². The zero-order valence-electron chi connectivity index (χ0n) is 8.19. The van der Waals surface area contributed by atoms with Crippen molar-refractivity contribution in [3.05, 3.63) is 39.9 Å². The Hall–Kier alpha value is -0.900. The van der Waals surface area contributed by atoms with Gasteiger partial charge in [0.05, 0.1) is 20.8 Å². The van der Waals surface area contributed by atoms with Crippen LogP contribution in [-0.4, -0.2) is 12.6 Å². The third-order valence-corrected chi connectivity index (χ3v) is 2.70. The summed E-state index contributed by atoms with van der Waals surface area (Å²) in [6, 6.07) is 2.56. The topological polar surface area (TPSA) is 41.1 Å². The standard InChI is InChI=1S/C10H9Cl3N2O/c1-2-3-14-10(16)15-9-5-7(12)6(11)4-8(9)13/h2,4-5H,1,3H2,(H2,14,15,16). The molecule has 2 amide bonds. The summed E-state index contributed by atoms with van der Waals surface area (Å²) in [5.41, 5.74) is 0.401. The van der Waals surface area contributed by atoms with E-state index in [-0.39, 0.29) is 6.03 Å². The predicted octanol–water partition coefficient (Wildman–Crippen LogP) is 3.95. The van der Waals surface area contributed by atoms with E-state index in [1.165, 1.54) is 12.1 Å². The SMILES string of the molecule is C=CCNC(=O)Nc1cc(Cl)c(Cl)cc1Cl. The number of halogens is 3. The first-order chi connectivity index (χ1) is 7.54. The lowest BCUT2D eigenvalue weighted by Gasteiger charge is -2.08. The summed E-state index contributed by atoms with van der Waals surface area (Å²) >= 11 is 17.4. The van der Waals surface area contributed by atoms with E-state index >= 15 is 0 Å². The first-order valence-corrected chi connectivity index (χ1v) is 5.48. The number of hydrogen-bond donors (Lipinski definition) is 2. The van der Waals surface area contributed by atoms with Gasteiger partial charge < -0.3 is 10.6 Å². The molecule has 0 aromatic heterocycles. The third kappa shape index (κ3) is 3.59. The number of amides is 2. The van der Waals surface area contributed by atoms with Crippen LogP contribution in [0.2, 0.25) is 15.1 Å². The van der Waals surface area contributed by atoms with Crippen LogP contribution in [-0.2, 0) is 0 Å². The lowest BCUT2D eigenvalue weighted by atomic mass is 10.3. The van der Waals surface area contributed by atoms with Crippen molar-refractivity contribution in [1.29, 1.82) is 0 Å². The summed E-state index contributed by atoms with van der Waals surface area (Å²) in [6.07, 6.45) is 1.57. The Morgan fingerprint density at radius 2 is 1.88 bits per heavy atom. The summed E-state index contributed by atoms with van der Waals surface area (Å²) in [5.74, 6) is 0. The molecule has 0 atom stereocenters. The van der Waals surface area contributed by atoms with Gasteiger partial charge in [0, 0.05) is 6.54 Å². The number of carbonyl (C=O) groups is 1. The van der Waals surface area contributed by atoms with Crippen molar-refractivity contribution in [3.63, 3.8) is 0 Å². The average molecular weight is 280 g/mol. The number of benzene rings is 1. The minimum Gasteiger partial charge on any atom is -0.334 e. The maximum absolute atomic E-state index is 11.3. The lowest BCUT2D eigenvalue weighted by molar-refractivity contribution is 0.253. The van der Waals surface area contributed by atoms with Gasteiger partial charge in [0.25, 0.3) is 0 Å². The van der Waals surface area contributed by atoms with Gasteiger partial charge in [-0.3, -0.25) is 0 Å². The molecule has 0 bridgehead atoms. The summed E-state index contributed by atoms with van der Waals surface area (Å²) < 4.78 is 0. The van der Waals surface area contributed by atoms with Gasteiger partial charge in [0.2, 0.25) is 0 Å². The summed E-state index contributed by atoms with van der Waals surface area (Å²) in [4.78, 5) is 11.3. The van der Waals surface area contributed by atoms with E-state index in [0.29, 0.717) is 27.3 Å². The fraction of sp³-hybridized carbons (Fsp3) is 0.100. The molecular formula is C10H9Cl3N2O. The number of hydrogen-bond acceptors (Lipinski definition) is 1. The number of rotatable bonds is 3. The van der Waals surface area contributed by atoms with Gasteiger partial charge in [0.1, 0.15) is 0 Å². The van der Waals surface area contributed by atoms with Gasteiger partial charge in [-0.05, 0) is 12.1 Å². The molecule has 86 valence electrons. The Morgan fingerprint density at radius 1 is 1.25 bits per heavy atom. The first kappa shape index (κ1) is 13.2. The Morgan fingerprint density at radius 3 is 2.50 bits per heavy atom. The number of carbonyl (C=O) groups excluding carboxylic acids is 1. The van der Waals surface area contributed by atoms with Gasteiger partial charge in [-0.1, -0.05) is 40.9 Å². The molecule has 0 unspecified atom stereocenters. The van der Waals surface area contributed by atoms with Gasteiger partial charge in [-0.2, -0.15) is 0 Å². The minimum atomic E-state index is -0.389. The van der Waals surface area contributed by atoms with Crippen LogP contribution in [0.4, 0.5) is 10.5 Å². The monoisotopic (exact) mass is 278 g/mol. The van der Waals surface area contributed by atoms with E-state index in [0.717, 1.165) is 0 Å². The van der Waals surface area contributed by atoms with Crippen molar-refractivity contribution in [3.8, 4) is 0 Å². The molecule has 3 nitrogen and oxygen atoms in total. The molecule has 1 aromatic rings. The summed E-state index contributed by atoms with van der Waals surface area (Å²) in [5, 5.41) is 6.06. The van der Waals surface area contributed by atoms with Crippen molar-refractivity contribution < 1.29 is 4.79 Å². The molecule has 1 rings (SSSR count). The molecule has 1 aromatic carbocycles. The van der Waals surface area contributed by atoms with Crippen molar-refractivity contribution in [2.24, 2.45) is 0 Å². The van der Waals surface area contributed by atoms with E-state index < -0.39 is 0 Å². The zero-order chi connectivity index (χ0) is 12.1. The van der Waals surface area contributed by atoms with Crippen LogP contribution in [0.15, 0.2) is 24.8 Å². The minimum absolute atomic E-state index is 0.322. The van der Waals surface area contributed by atoms with Crippen molar-refractivity contribution in [2.75, 3.05) is 11.9 Å². The quantitative estimate of drug-likeness (QED) is 0.638. The number of nitrogens with one attached hydrogen (secondary N) is 2. The summed E-state index contributed by atoms with van der Waals surface area (Å²) in [6.45, 7) is 3.84. The highest BCUT2D eigenvalue weighted by Crippen LogP contribution is 2.32. The molecule has 0 aliphatic rings. The third-order valence-electron chi connectivity index (χ3n) is 1.67. The van der Waals surface area contributed by atoms with Crippen molar-refractivity contribution >= 4 is 46.5 Å². The highest BCUT2D eigenvalue weighted by atomic mass is 35.5. The summed E-state index contributed by atoms with van der Waals surface area (Å²) in [7, 11) is 0. The van der Waals surface area contributed by atoms with Gasteiger partial charge in [-0.15, -0.1) is 6.58 Å². The van der Waals surface area contributed by atoms with Crippen molar-refractivity contribution in [2.45, 2.75) is 0 Å². The van der Waals surface area contributed by atoms with Gasteiger partial charge in [0.15, 0.2) is 0 Å². The van der Waals surface area contributed by atoms with Crippen LogP contribution in [0.25, 0.3) is 0 Å². The fourth-order valence-electron chi connectivity index (χ4n) is 0.950. The lowest BCUT2D eigenvalue weighted by Crippen LogP contribution is -2.28. The van der Waals surface area contributed by atoms with Gasteiger partial charge >= 0.3 is 6.03 Å². The van der Waals surface area contributed by atoms with Crippen LogP contribution in [0.3, 0.4) is 0 Å². The Bertz CT molecular complexity index is 421. The van der Waals surface area contributed by atoms with E-state index in [4.69, 9.17) is 34.8 Å². The fourth-order valence-corrected chi connectivity index (χ4v) is 1.54. The maximum atomic E-state index is 11.3. The molecule has 0 aliphatic heterocycles. The molecule has 6 heteroatoms. The maximum Gasteiger partial charge on any atom is 0.319 e. The molecule has 2 N–H and O–H groups in total. The molecule has 0 radical (unpaired) electrons. The first-order valence-electron chi connectivity index (χ1n) is 4.35. The molecule has 0 saturated carbocycles. The molecular weight excluding hydrogens is 270 g/mol. The Labute approximate surface area is 108 Å². The second-order valence-corrected chi connectivity index (χ2v) is 4.09. The number of urea groups is 1. The predicted molar refractivity (Wildman–Crippen MR) is 68.7 cm³/mol. The van der Waals surface area contributed by atoms with Crippen LogP contribution >= 0.6 is 34.8 Å². The van der Waals surface area contributed by atoms with E-state index in [9.17, 15) is 4.79 Å². The normalized spacial score (nSPS) is 9.69. The highest BCUT2D eigenvalue weighted by molar-refractivity contribution is 6.44. The largest absolute Gasteiger partial charge is 0.334 e. The van der Waals surface area contributed by atoms with Crippen LogP contribution in [0.1, 0.15) is 0 Å². The van der Waals surface area contributed by atoms with E-state index in [2.05, 4.69) is 17.2 Å². The smallest absolute Gasteiger partial charge is 0.319 e. The molecule has 0 spiro atoms. The van der Waals surface area contributed by atoms with Crippen LogP contribution in [0.5, 0.6) is 0 Å². The highest BCUT2D eigenvalue weighted by Gasteiger charge is 2.08. The Kier molecular flexibility index (Phi) is 4.93. The molecule has 0 heterocycles. The molecule has 16 heavy (non-hydrogen) atoms. The second kappa shape index (κ2) is 5.99. The van der Waals surface area contributed by atoms with E-state index in [1.807, 2.05) is 0 Å². The molecule has 0 saturated heterocycles. The Balaban J connectivity index is 2.77. The number of anilines is 1. The van der Waals surface area contributed by atoms with E-state index in [1.54, 1.807) is 6.08 Å². The molecule has 0 aliphatic carbocycles. The second-order valence-electron chi connectivity index (χ2n) is 2.87. The van der Waals surface area contributed by atoms with Gasteiger partial charge in [-0.25, -0.2) is 4.79 Å². The van der Waals surface area contributed by atoms with Crippen LogP contribution in [0, 0.1) is 0 Å². The molecule has 0 fully saturated rings. The zero-order valence-corrected chi connectivity index (χ0v) is 10.5. The average Bonchev–Trinajstić information content (AvgIpc) is 2.23. The van der Waals surface area contributed by atoms with Crippen LogP contribution < -0.4 is 10.6 Å².